The molecule has 0 saturated heterocycles. The van der Waals surface area contributed by atoms with Gasteiger partial charge in [0.2, 0.25) is 5.82 Å². The molecule has 0 aliphatic carbocycles. The molecule has 1 aromatic carbocycles. The first kappa shape index (κ1) is 12.0. The fraction of sp³-hybridized carbons (Fsp3) is 0.0833. The van der Waals surface area contributed by atoms with Crippen molar-refractivity contribution in [2.75, 3.05) is 5.73 Å². The highest BCUT2D eigenvalue weighted by atomic mass is 16.2. The number of nitrogen functional groups attached to an aromatic ring is 1. The van der Waals surface area contributed by atoms with Crippen LogP contribution >= 0.6 is 0 Å². The monoisotopic (exact) mass is 243 g/mol. The van der Waals surface area contributed by atoms with Crippen LogP contribution in [0.15, 0.2) is 42.6 Å². The van der Waals surface area contributed by atoms with E-state index in [9.17, 15) is 4.79 Å². The molecule has 0 fully saturated rings. The Hall–Kier alpha value is -2.47. The van der Waals surface area contributed by atoms with Gasteiger partial charge in [-0.25, -0.2) is 9.97 Å². The van der Waals surface area contributed by atoms with Gasteiger partial charge in [0.25, 0.3) is 5.91 Å². The largest absolute Gasteiger partial charge is 0.384 e. The number of nitrogens with two attached hydrogens (primary N) is 2. The zero-order chi connectivity index (χ0) is 13.0. The van der Waals surface area contributed by atoms with E-state index in [1.165, 1.54) is 12.3 Å². The summed E-state index contributed by atoms with van der Waals surface area (Å²) in [5, 5.41) is 2.60. The highest BCUT2D eigenvalue weighted by molar-refractivity contribution is 5.90. The molecular formula is C12H13N5O. The van der Waals surface area contributed by atoms with Crippen LogP contribution in [0.3, 0.4) is 0 Å². The van der Waals surface area contributed by atoms with Crippen molar-refractivity contribution >= 4 is 11.7 Å². The number of carbonyl (C=O) groups excluding carboxylic acids is 1. The Kier molecular flexibility index (Phi) is 3.49. The molecule has 18 heavy (non-hydrogen) atoms. The lowest BCUT2D eigenvalue weighted by atomic mass is 10.2. The number of benzene rings is 1. The number of amides is 1. The van der Waals surface area contributed by atoms with E-state index >= 15 is 0 Å². The summed E-state index contributed by atoms with van der Waals surface area (Å²) >= 11 is 0. The average molecular weight is 243 g/mol. The number of rotatable bonds is 3. The summed E-state index contributed by atoms with van der Waals surface area (Å²) in [7, 11) is 0. The van der Waals surface area contributed by atoms with E-state index in [-0.39, 0.29) is 11.6 Å². The van der Waals surface area contributed by atoms with Gasteiger partial charge in [-0.3, -0.25) is 4.79 Å². The predicted octanol–water partition coefficient (Wildman–Crippen LogP) is 0.446. The summed E-state index contributed by atoms with van der Waals surface area (Å²) in [4.78, 5) is 19.5. The third kappa shape index (κ3) is 2.80. The maximum absolute atomic E-state index is 11.8. The van der Waals surface area contributed by atoms with Gasteiger partial charge in [-0.1, -0.05) is 30.3 Å². The van der Waals surface area contributed by atoms with E-state index in [1.54, 1.807) is 0 Å². The van der Waals surface area contributed by atoms with E-state index in [2.05, 4.69) is 15.3 Å². The van der Waals surface area contributed by atoms with Crippen molar-refractivity contribution in [2.24, 2.45) is 5.73 Å². The Morgan fingerprint density at radius 1 is 1.22 bits per heavy atom. The van der Waals surface area contributed by atoms with E-state index in [0.717, 1.165) is 5.56 Å². The number of hydrogen-bond donors (Lipinski definition) is 3. The van der Waals surface area contributed by atoms with Crippen LogP contribution in [-0.2, 0) is 0 Å². The molecule has 1 atom stereocenters. The molecule has 2 rings (SSSR count). The van der Waals surface area contributed by atoms with Gasteiger partial charge in [-0.15, -0.1) is 0 Å². The quantitative estimate of drug-likeness (QED) is 0.678. The molecule has 92 valence electrons. The third-order valence-electron chi connectivity index (χ3n) is 2.33. The molecule has 6 heteroatoms. The summed E-state index contributed by atoms with van der Waals surface area (Å²) in [5.41, 5.74) is 12.1. The molecule has 6 nitrogen and oxygen atoms in total. The smallest absolute Gasteiger partial charge is 0.290 e. The van der Waals surface area contributed by atoms with Gasteiger partial charge >= 0.3 is 0 Å². The fourth-order valence-electron chi connectivity index (χ4n) is 1.43. The number of nitrogens with one attached hydrogen (secondary N) is 1. The first-order chi connectivity index (χ1) is 8.66. The number of hydrogen-bond acceptors (Lipinski definition) is 5. The summed E-state index contributed by atoms with van der Waals surface area (Å²) in [6.45, 7) is 0. The molecule has 1 aromatic heterocycles. The zero-order valence-corrected chi connectivity index (χ0v) is 9.58. The second-order valence-electron chi connectivity index (χ2n) is 3.67. The van der Waals surface area contributed by atoms with E-state index < -0.39 is 12.1 Å². The van der Waals surface area contributed by atoms with Crippen molar-refractivity contribution < 1.29 is 4.79 Å². The van der Waals surface area contributed by atoms with E-state index in [1.807, 2.05) is 30.3 Å². The highest BCUT2D eigenvalue weighted by Gasteiger charge is 2.13. The van der Waals surface area contributed by atoms with Crippen molar-refractivity contribution in [2.45, 2.75) is 6.17 Å². The van der Waals surface area contributed by atoms with Gasteiger partial charge in [0.15, 0.2) is 0 Å². The molecule has 1 unspecified atom stereocenters. The normalized spacial score (nSPS) is 11.8. The molecule has 0 saturated carbocycles. The number of carbonyl (C=O) groups is 1. The molecular weight excluding hydrogens is 230 g/mol. The lowest BCUT2D eigenvalue weighted by Crippen LogP contribution is -2.35. The molecule has 0 bridgehead atoms. The van der Waals surface area contributed by atoms with Gasteiger partial charge in [0, 0.05) is 6.20 Å². The van der Waals surface area contributed by atoms with Crippen LogP contribution in [0.4, 0.5) is 5.82 Å². The van der Waals surface area contributed by atoms with Gasteiger partial charge in [-0.05, 0) is 11.6 Å². The number of anilines is 1. The van der Waals surface area contributed by atoms with Crippen molar-refractivity contribution in [3.8, 4) is 0 Å². The predicted molar refractivity (Wildman–Crippen MR) is 67.3 cm³/mol. The molecule has 1 heterocycles. The highest BCUT2D eigenvalue weighted by Crippen LogP contribution is 2.07. The Balaban J connectivity index is 2.08. The van der Waals surface area contributed by atoms with Crippen LogP contribution in [0.25, 0.3) is 0 Å². The van der Waals surface area contributed by atoms with Gasteiger partial charge in [0.1, 0.15) is 12.0 Å². The Morgan fingerprint density at radius 3 is 2.61 bits per heavy atom. The molecule has 0 aliphatic heterocycles. The van der Waals surface area contributed by atoms with Crippen molar-refractivity contribution in [3.63, 3.8) is 0 Å². The second-order valence-corrected chi connectivity index (χ2v) is 3.67. The maximum atomic E-state index is 11.8. The zero-order valence-electron chi connectivity index (χ0n) is 9.58. The minimum Gasteiger partial charge on any atom is -0.384 e. The minimum atomic E-state index is -0.608. The summed E-state index contributed by atoms with van der Waals surface area (Å²) in [6.07, 6.45) is 0.814. The fourth-order valence-corrected chi connectivity index (χ4v) is 1.43. The maximum Gasteiger partial charge on any atom is 0.290 e. The molecule has 2 aromatic rings. The Morgan fingerprint density at radius 2 is 1.94 bits per heavy atom. The molecule has 0 spiro atoms. The van der Waals surface area contributed by atoms with Crippen LogP contribution in [0.5, 0.6) is 0 Å². The number of aromatic nitrogens is 2. The lowest BCUT2D eigenvalue weighted by molar-refractivity contribution is 0.0927. The van der Waals surface area contributed by atoms with Crippen molar-refractivity contribution in [1.29, 1.82) is 0 Å². The average Bonchev–Trinajstić information content (AvgIpc) is 2.39. The second kappa shape index (κ2) is 5.24. The van der Waals surface area contributed by atoms with Crippen molar-refractivity contribution in [3.05, 3.63) is 54.0 Å². The molecule has 0 radical (unpaired) electrons. The molecule has 5 N–H and O–H groups in total. The van der Waals surface area contributed by atoms with E-state index in [4.69, 9.17) is 11.5 Å². The Bertz CT molecular complexity index is 543. The molecule has 0 aliphatic rings. The SMILES string of the molecule is Nc1ccnc(C(=O)NC(N)c2ccccc2)n1. The van der Waals surface area contributed by atoms with Gasteiger partial charge in [0.05, 0.1) is 0 Å². The first-order valence-electron chi connectivity index (χ1n) is 5.37. The van der Waals surface area contributed by atoms with Gasteiger partial charge < -0.3 is 16.8 Å². The standard InChI is InChI=1S/C12H13N5O/c13-9-6-7-15-11(16-9)12(18)17-10(14)8-4-2-1-3-5-8/h1-7,10H,14H2,(H,17,18)(H2,13,15,16). The van der Waals surface area contributed by atoms with Crippen LogP contribution in [0.1, 0.15) is 22.3 Å². The Labute approximate surface area is 104 Å². The summed E-state index contributed by atoms with van der Waals surface area (Å²) < 4.78 is 0. The minimum absolute atomic E-state index is 0.00128. The van der Waals surface area contributed by atoms with E-state index in [0.29, 0.717) is 0 Å². The number of nitrogens with zero attached hydrogens (tertiary/aromatic N) is 2. The lowest BCUT2D eigenvalue weighted by Gasteiger charge is -2.13. The van der Waals surface area contributed by atoms with Gasteiger partial charge in [-0.2, -0.15) is 0 Å². The topological polar surface area (TPSA) is 107 Å². The van der Waals surface area contributed by atoms with Crippen LogP contribution < -0.4 is 16.8 Å². The first-order valence-corrected chi connectivity index (χ1v) is 5.37. The van der Waals surface area contributed by atoms with Crippen LogP contribution in [0.2, 0.25) is 0 Å². The van der Waals surface area contributed by atoms with Crippen LogP contribution in [-0.4, -0.2) is 15.9 Å². The summed E-state index contributed by atoms with van der Waals surface area (Å²) in [5.74, 6) is -0.219. The third-order valence-corrected chi connectivity index (χ3v) is 2.33. The van der Waals surface area contributed by atoms with Crippen LogP contribution in [0, 0.1) is 0 Å². The molecule has 1 amide bonds. The summed E-state index contributed by atoms with van der Waals surface area (Å²) in [6, 6.07) is 10.7. The van der Waals surface area contributed by atoms with Crippen molar-refractivity contribution in [1.82, 2.24) is 15.3 Å².